The molecule has 0 aliphatic heterocycles. The average Bonchev–Trinajstić information content (AvgIpc) is 3.18. The first-order chi connectivity index (χ1) is 13.7. The Balaban J connectivity index is 1.67. The molecule has 1 aliphatic carbocycles. The molecule has 2 aromatic carbocycles. The molecule has 1 aliphatic rings. The van der Waals surface area contributed by atoms with Crippen LogP contribution in [-0.2, 0) is 17.3 Å². The van der Waals surface area contributed by atoms with E-state index in [9.17, 15) is 0 Å². The molecule has 150 valence electrons. The first-order valence-corrected chi connectivity index (χ1v) is 11.4. The molecule has 0 N–H and O–H groups in total. The van der Waals surface area contributed by atoms with Crippen LogP contribution in [0.4, 0.5) is 0 Å². The summed E-state index contributed by atoms with van der Waals surface area (Å²) in [5, 5.41) is 3.19. The summed E-state index contributed by atoms with van der Waals surface area (Å²) in [4.78, 5) is 4.40. The van der Waals surface area contributed by atoms with E-state index in [1.807, 2.05) is 11.6 Å². The van der Waals surface area contributed by atoms with Gasteiger partial charge in [0, 0.05) is 18.0 Å². The second-order valence-electron chi connectivity index (χ2n) is 9.76. The van der Waals surface area contributed by atoms with Gasteiger partial charge in [0.2, 0.25) is 0 Å². The highest BCUT2D eigenvalue weighted by Gasteiger charge is 2.37. The zero-order chi connectivity index (χ0) is 20.8. The van der Waals surface area contributed by atoms with Crippen LogP contribution < -0.4 is 0 Å². The van der Waals surface area contributed by atoms with Gasteiger partial charge < -0.3 is 0 Å². The van der Waals surface area contributed by atoms with E-state index in [1.165, 1.54) is 46.2 Å². The van der Waals surface area contributed by atoms with Crippen molar-refractivity contribution in [1.29, 1.82) is 0 Å². The molecule has 0 saturated carbocycles. The van der Waals surface area contributed by atoms with Gasteiger partial charge in [0.15, 0.2) is 0 Å². The van der Waals surface area contributed by atoms with Crippen molar-refractivity contribution in [1.82, 2.24) is 4.98 Å². The summed E-state index contributed by atoms with van der Waals surface area (Å²) in [6.07, 6.45) is 5.24. The lowest BCUT2D eigenvalue weighted by Crippen LogP contribution is -2.34. The SMILES string of the molecule is C=C(c1ccc(Cc2nccs2)cc1)c1cc2c(cc1C)C(C)(C)CCC2(C)C. The highest BCUT2D eigenvalue weighted by molar-refractivity contribution is 7.09. The molecule has 1 heterocycles. The number of benzene rings is 2. The molecule has 2 heteroatoms. The van der Waals surface area contributed by atoms with Crippen molar-refractivity contribution in [3.63, 3.8) is 0 Å². The minimum Gasteiger partial charge on any atom is -0.249 e. The van der Waals surface area contributed by atoms with Gasteiger partial charge in [-0.05, 0) is 69.5 Å². The van der Waals surface area contributed by atoms with Crippen LogP contribution in [0, 0.1) is 6.92 Å². The van der Waals surface area contributed by atoms with Crippen molar-refractivity contribution in [2.75, 3.05) is 0 Å². The van der Waals surface area contributed by atoms with Crippen LogP contribution in [0.2, 0.25) is 0 Å². The summed E-state index contributed by atoms with van der Waals surface area (Å²) in [6.45, 7) is 16.3. The van der Waals surface area contributed by atoms with E-state index in [1.54, 1.807) is 11.3 Å². The third kappa shape index (κ3) is 3.83. The van der Waals surface area contributed by atoms with Gasteiger partial charge in [0.1, 0.15) is 0 Å². The van der Waals surface area contributed by atoms with E-state index in [-0.39, 0.29) is 10.8 Å². The van der Waals surface area contributed by atoms with Gasteiger partial charge in [0.25, 0.3) is 0 Å². The highest BCUT2D eigenvalue weighted by atomic mass is 32.1. The molecule has 0 saturated heterocycles. The van der Waals surface area contributed by atoms with E-state index in [0.29, 0.717) is 0 Å². The number of fused-ring (bicyclic) bond motifs is 1. The van der Waals surface area contributed by atoms with Crippen molar-refractivity contribution in [3.8, 4) is 0 Å². The van der Waals surface area contributed by atoms with Gasteiger partial charge in [0.05, 0.1) is 5.01 Å². The Labute approximate surface area is 179 Å². The van der Waals surface area contributed by atoms with E-state index in [4.69, 9.17) is 0 Å². The van der Waals surface area contributed by atoms with Gasteiger partial charge in [-0.2, -0.15) is 0 Å². The molecule has 0 amide bonds. The first kappa shape index (κ1) is 20.1. The first-order valence-electron chi connectivity index (χ1n) is 10.5. The number of aryl methyl sites for hydroxylation is 1. The lowest BCUT2D eigenvalue weighted by Gasteiger charge is -2.42. The van der Waals surface area contributed by atoms with E-state index < -0.39 is 0 Å². The summed E-state index contributed by atoms with van der Waals surface area (Å²) in [5.41, 5.74) is 9.68. The van der Waals surface area contributed by atoms with Crippen LogP contribution in [0.15, 0.2) is 54.6 Å². The molecule has 1 nitrogen and oxygen atoms in total. The number of thiazole rings is 1. The summed E-state index contributed by atoms with van der Waals surface area (Å²) in [5.74, 6) is 0. The van der Waals surface area contributed by atoms with Crippen molar-refractivity contribution in [2.24, 2.45) is 0 Å². The van der Waals surface area contributed by atoms with Gasteiger partial charge in [-0.1, -0.05) is 70.7 Å². The molecule has 0 spiro atoms. The van der Waals surface area contributed by atoms with Gasteiger partial charge in [-0.3, -0.25) is 0 Å². The largest absolute Gasteiger partial charge is 0.249 e. The lowest BCUT2D eigenvalue weighted by molar-refractivity contribution is 0.331. The minimum absolute atomic E-state index is 0.213. The molecule has 3 aromatic rings. The predicted molar refractivity (Wildman–Crippen MR) is 126 cm³/mol. The standard InChI is InChI=1S/C27H31NS/c1-18-15-23-24(27(5,6)12-11-26(23,3)4)17-22(18)19(2)21-9-7-20(8-10-21)16-25-28-13-14-29-25/h7-10,13-15,17H,2,11-12,16H2,1,3-6H3. The molecule has 29 heavy (non-hydrogen) atoms. The van der Waals surface area contributed by atoms with Crippen molar-refractivity contribution >= 4 is 16.9 Å². The normalized spacial score (nSPS) is 17.0. The van der Waals surface area contributed by atoms with Gasteiger partial charge >= 0.3 is 0 Å². The quantitative estimate of drug-likeness (QED) is 0.442. The van der Waals surface area contributed by atoms with Crippen LogP contribution >= 0.6 is 11.3 Å². The number of rotatable bonds is 4. The fourth-order valence-electron chi connectivity index (χ4n) is 4.54. The van der Waals surface area contributed by atoms with Crippen LogP contribution in [-0.4, -0.2) is 4.98 Å². The number of hydrogen-bond acceptors (Lipinski definition) is 2. The average molecular weight is 402 g/mol. The van der Waals surface area contributed by atoms with Gasteiger partial charge in [-0.25, -0.2) is 4.98 Å². The van der Waals surface area contributed by atoms with Crippen molar-refractivity contribution < 1.29 is 0 Å². The number of nitrogens with zero attached hydrogens (tertiary/aromatic N) is 1. The zero-order valence-electron chi connectivity index (χ0n) is 18.3. The Bertz CT molecular complexity index is 1040. The fourth-order valence-corrected chi connectivity index (χ4v) is 5.19. The predicted octanol–water partition coefficient (Wildman–Crippen LogP) is 7.45. The maximum absolute atomic E-state index is 4.48. The summed E-state index contributed by atoms with van der Waals surface area (Å²) in [6, 6.07) is 13.7. The topological polar surface area (TPSA) is 12.9 Å². The Kier molecular flexibility index (Phi) is 5.02. The lowest BCUT2D eigenvalue weighted by atomic mass is 9.62. The van der Waals surface area contributed by atoms with E-state index >= 15 is 0 Å². The smallest absolute Gasteiger partial charge is 0.0968 e. The Hall–Kier alpha value is -2.19. The summed E-state index contributed by atoms with van der Waals surface area (Å²) < 4.78 is 0. The molecule has 0 unspecified atom stereocenters. The van der Waals surface area contributed by atoms with Gasteiger partial charge in [-0.15, -0.1) is 11.3 Å². The molecule has 4 rings (SSSR count). The molecular formula is C27H31NS. The fraction of sp³-hybridized carbons (Fsp3) is 0.370. The maximum atomic E-state index is 4.48. The number of hydrogen-bond donors (Lipinski definition) is 0. The second-order valence-corrected chi connectivity index (χ2v) is 10.7. The molecule has 0 bridgehead atoms. The van der Waals surface area contributed by atoms with Crippen LogP contribution in [0.3, 0.4) is 0 Å². The highest BCUT2D eigenvalue weighted by Crippen LogP contribution is 2.47. The van der Waals surface area contributed by atoms with E-state index in [0.717, 1.165) is 17.0 Å². The Morgan fingerprint density at radius 1 is 1.00 bits per heavy atom. The third-order valence-corrected chi connectivity index (χ3v) is 7.44. The third-order valence-electron chi connectivity index (χ3n) is 6.66. The van der Waals surface area contributed by atoms with Crippen LogP contribution in [0.25, 0.3) is 5.57 Å². The van der Waals surface area contributed by atoms with Crippen molar-refractivity contribution in [2.45, 2.75) is 64.7 Å². The molecule has 0 radical (unpaired) electrons. The molecule has 1 aromatic heterocycles. The number of aromatic nitrogens is 1. The molecular weight excluding hydrogens is 370 g/mol. The zero-order valence-corrected chi connectivity index (χ0v) is 19.1. The maximum Gasteiger partial charge on any atom is 0.0968 e. The minimum atomic E-state index is 0.213. The van der Waals surface area contributed by atoms with Crippen LogP contribution in [0.5, 0.6) is 0 Å². The Morgan fingerprint density at radius 2 is 1.62 bits per heavy atom. The monoisotopic (exact) mass is 401 g/mol. The summed E-state index contributed by atoms with van der Waals surface area (Å²) >= 11 is 1.71. The molecule has 0 atom stereocenters. The molecule has 0 fully saturated rings. The summed E-state index contributed by atoms with van der Waals surface area (Å²) in [7, 11) is 0. The Morgan fingerprint density at radius 3 is 2.21 bits per heavy atom. The second kappa shape index (κ2) is 7.25. The van der Waals surface area contributed by atoms with Crippen LogP contribution in [0.1, 0.15) is 78.9 Å². The van der Waals surface area contributed by atoms with E-state index in [2.05, 4.69) is 82.6 Å². The van der Waals surface area contributed by atoms with Crippen molar-refractivity contribution in [3.05, 3.63) is 92.9 Å².